The van der Waals surface area contributed by atoms with Crippen LogP contribution in [0.1, 0.15) is 13.3 Å². The lowest BCUT2D eigenvalue weighted by molar-refractivity contribution is 0.103. The minimum Gasteiger partial charge on any atom is -0.383 e. The monoisotopic (exact) mass is 186 g/mol. The Kier molecular flexibility index (Phi) is 4.70. The van der Waals surface area contributed by atoms with Crippen LogP contribution >= 0.6 is 0 Å². The standard InChI is InChI=1S/C10H22N2O/c1-9-4-5-12(7-9)10(6-11-2)8-13-3/h9-11H,4-8H2,1-3H3. The number of hydrogen-bond donors (Lipinski definition) is 1. The summed E-state index contributed by atoms with van der Waals surface area (Å²) in [6, 6.07) is 0.556. The third-order valence-corrected chi connectivity index (χ3v) is 2.77. The number of likely N-dealkylation sites (N-methyl/N-ethyl adjacent to an activating group) is 1. The van der Waals surface area contributed by atoms with Crippen molar-refractivity contribution in [3.05, 3.63) is 0 Å². The van der Waals surface area contributed by atoms with E-state index in [0.29, 0.717) is 6.04 Å². The van der Waals surface area contributed by atoms with Crippen LogP contribution in [0.2, 0.25) is 0 Å². The zero-order valence-electron chi connectivity index (χ0n) is 9.05. The van der Waals surface area contributed by atoms with Crippen LogP contribution in [0, 0.1) is 5.92 Å². The zero-order chi connectivity index (χ0) is 9.68. The summed E-state index contributed by atoms with van der Waals surface area (Å²) in [6.45, 7) is 6.66. The van der Waals surface area contributed by atoms with E-state index in [9.17, 15) is 0 Å². The van der Waals surface area contributed by atoms with E-state index in [2.05, 4.69) is 17.1 Å². The van der Waals surface area contributed by atoms with Gasteiger partial charge in [0.25, 0.3) is 0 Å². The molecule has 0 aromatic heterocycles. The van der Waals surface area contributed by atoms with Crippen LogP contribution in [0.25, 0.3) is 0 Å². The van der Waals surface area contributed by atoms with E-state index < -0.39 is 0 Å². The first kappa shape index (κ1) is 11.0. The lowest BCUT2D eigenvalue weighted by Gasteiger charge is -2.26. The molecule has 1 aliphatic heterocycles. The first-order valence-corrected chi connectivity index (χ1v) is 5.15. The maximum atomic E-state index is 5.22. The van der Waals surface area contributed by atoms with Crippen molar-refractivity contribution in [1.82, 2.24) is 10.2 Å². The molecule has 1 saturated heterocycles. The number of hydrogen-bond acceptors (Lipinski definition) is 3. The van der Waals surface area contributed by atoms with Gasteiger partial charge >= 0.3 is 0 Å². The normalized spacial score (nSPS) is 26.5. The third-order valence-electron chi connectivity index (χ3n) is 2.77. The van der Waals surface area contributed by atoms with Gasteiger partial charge in [-0.05, 0) is 25.9 Å². The van der Waals surface area contributed by atoms with E-state index in [0.717, 1.165) is 19.1 Å². The molecule has 0 aromatic rings. The van der Waals surface area contributed by atoms with Gasteiger partial charge in [-0.1, -0.05) is 6.92 Å². The first-order valence-electron chi connectivity index (χ1n) is 5.15. The highest BCUT2D eigenvalue weighted by Gasteiger charge is 2.25. The molecule has 0 amide bonds. The fraction of sp³-hybridized carbons (Fsp3) is 1.00. The maximum absolute atomic E-state index is 5.22. The molecule has 0 aliphatic carbocycles. The third kappa shape index (κ3) is 3.25. The fourth-order valence-electron chi connectivity index (χ4n) is 2.02. The second kappa shape index (κ2) is 5.58. The molecule has 0 bridgehead atoms. The number of rotatable bonds is 5. The SMILES string of the molecule is CNCC(COC)N1CCC(C)C1. The summed E-state index contributed by atoms with van der Waals surface area (Å²) in [4.78, 5) is 2.53. The predicted octanol–water partition coefficient (Wildman–Crippen LogP) is 0.563. The van der Waals surface area contributed by atoms with Gasteiger partial charge in [0.05, 0.1) is 6.61 Å². The number of likely N-dealkylation sites (tertiary alicyclic amines) is 1. The van der Waals surface area contributed by atoms with Crippen molar-refractivity contribution >= 4 is 0 Å². The Morgan fingerprint density at radius 2 is 2.38 bits per heavy atom. The lowest BCUT2D eigenvalue weighted by Crippen LogP contribution is -2.43. The van der Waals surface area contributed by atoms with Gasteiger partial charge in [-0.25, -0.2) is 0 Å². The van der Waals surface area contributed by atoms with E-state index >= 15 is 0 Å². The van der Waals surface area contributed by atoms with Crippen LogP contribution in [0.4, 0.5) is 0 Å². The molecule has 1 heterocycles. The summed E-state index contributed by atoms with van der Waals surface area (Å²) in [5.74, 6) is 0.858. The highest BCUT2D eigenvalue weighted by atomic mass is 16.5. The number of nitrogens with zero attached hydrogens (tertiary/aromatic N) is 1. The second-order valence-electron chi connectivity index (χ2n) is 4.06. The van der Waals surface area contributed by atoms with Gasteiger partial charge in [-0.15, -0.1) is 0 Å². The van der Waals surface area contributed by atoms with Crippen molar-refractivity contribution in [3.63, 3.8) is 0 Å². The van der Waals surface area contributed by atoms with Crippen LogP contribution in [0.5, 0.6) is 0 Å². The Balaban J connectivity index is 2.35. The molecule has 3 heteroatoms. The first-order chi connectivity index (χ1) is 6.27. The van der Waals surface area contributed by atoms with Gasteiger partial charge in [0.1, 0.15) is 0 Å². The Morgan fingerprint density at radius 3 is 2.85 bits per heavy atom. The molecule has 1 N–H and O–H groups in total. The molecule has 2 atom stereocenters. The van der Waals surface area contributed by atoms with Crippen LogP contribution in [0.3, 0.4) is 0 Å². The molecule has 3 nitrogen and oxygen atoms in total. The Hall–Kier alpha value is -0.120. The van der Waals surface area contributed by atoms with Gasteiger partial charge in [-0.3, -0.25) is 4.90 Å². The average molecular weight is 186 g/mol. The van der Waals surface area contributed by atoms with E-state index in [-0.39, 0.29) is 0 Å². The van der Waals surface area contributed by atoms with Crippen molar-refractivity contribution in [3.8, 4) is 0 Å². The summed E-state index contributed by atoms with van der Waals surface area (Å²) >= 11 is 0. The average Bonchev–Trinajstić information content (AvgIpc) is 2.51. The summed E-state index contributed by atoms with van der Waals surface area (Å²) in [5, 5.41) is 3.22. The molecule has 1 rings (SSSR count). The molecule has 0 spiro atoms. The largest absolute Gasteiger partial charge is 0.383 e. The molecular formula is C10H22N2O. The van der Waals surface area contributed by atoms with E-state index in [1.54, 1.807) is 7.11 Å². The van der Waals surface area contributed by atoms with Crippen LogP contribution in [-0.4, -0.2) is 51.3 Å². The lowest BCUT2D eigenvalue weighted by atomic mass is 10.2. The van der Waals surface area contributed by atoms with Gasteiger partial charge in [0.15, 0.2) is 0 Å². The van der Waals surface area contributed by atoms with Crippen molar-refractivity contribution < 1.29 is 4.74 Å². The smallest absolute Gasteiger partial charge is 0.0630 e. The minimum absolute atomic E-state index is 0.556. The van der Waals surface area contributed by atoms with Crippen molar-refractivity contribution in [2.24, 2.45) is 5.92 Å². The molecule has 0 saturated carbocycles. The number of ether oxygens (including phenoxy) is 1. The quantitative estimate of drug-likeness (QED) is 0.679. The van der Waals surface area contributed by atoms with Gasteiger partial charge in [0.2, 0.25) is 0 Å². The topological polar surface area (TPSA) is 24.5 Å². The number of methoxy groups -OCH3 is 1. The van der Waals surface area contributed by atoms with Crippen molar-refractivity contribution in [2.45, 2.75) is 19.4 Å². The van der Waals surface area contributed by atoms with E-state index in [1.165, 1.54) is 19.5 Å². The van der Waals surface area contributed by atoms with E-state index in [1.807, 2.05) is 7.05 Å². The molecule has 0 radical (unpaired) electrons. The van der Waals surface area contributed by atoms with Crippen molar-refractivity contribution in [2.75, 3.05) is 40.4 Å². The number of nitrogens with one attached hydrogen (secondary N) is 1. The minimum atomic E-state index is 0.556. The summed E-state index contributed by atoms with van der Waals surface area (Å²) in [7, 11) is 3.78. The van der Waals surface area contributed by atoms with Crippen LogP contribution in [0.15, 0.2) is 0 Å². The molecule has 1 fully saturated rings. The van der Waals surface area contributed by atoms with Crippen LogP contribution < -0.4 is 5.32 Å². The molecule has 2 unspecified atom stereocenters. The highest BCUT2D eigenvalue weighted by molar-refractivity contribution is 4.80. The highest BCUT2D eigenvalue weighted by Crippen LogP contribution is 2.17. The molecular weight excluding hydrogens is 164 g/mol. The fourth-order valence-corrected chi connectivity index (χ4v) is 2.02. The molecule has 78 valence electrons. The maximum Gasteiger partial charge on any atom is 0.0630 e. The molecule has 1 aliphatic rings. The van der Waals surface area contributed by atoms with Crippen molar-refractivity contribution in [1.29, 1.82) is 0 Å². The molecule has 13 heavy (non-hydrogen) atoms. The van der Waals surface area contributed by atoms with Gasteiger partial charge < -0.3 is 10.1 Å². The van der Waals surface area contributed by atoms with Gasteiger partial charge in [-0.2, -0.15) is 0 Å². The summed E-state index contributed by atoms with van der Waals surface area (Å²) < 4.78 is 5.22. The summed E-state index contributed by atoms with van der Waals surface area (Å²) in [6.07, 6.45) is 1.34. The molecule has 0 aromatic carbocycles. The van der Waals surface area contributed by atoms with E-state index in [4.69, 9.17) is 4.74 Å². The second-order valence-corrected chi connectivity index (χ2v) is 4.06. The van der Waals surface area contributed by atoms with Crippen LogP contribution in [-0.2, 0) is 4.74 Å². The Labute approximate surface area is 81.4 Å². The summed E-state index contributed by atoms with van der Waals surface area (Å²) in [5.41, 5.74) is 0. The predicted molar refractivity (Wildman–Crippen MR) is 54.9 cm³/mol. The Bertz CT molecular complexity index is 135. The Morgan fingerprint density at radius 1 is 1.62 bits per heavy atom. The van der Waals surface area contributed by atoms with Gasteiger partial charge in [0, 0.05) is 26.2 Å². The zero-order valence-corrected chi connectivity index (χ0v) is 9.05.